The van der Waals surface area contributed by atoms with Gasteiger partial charge in [0.15, 0.2) is 0 Å². The zero-order valence-corrected chi connectivity index (χ0v) is 9.28. The fourth-order valence-corrected chi connectivity index (χ4v) is 1.08. The SMILES string of the molecule is COC(=O)Cc1ccc(OC(=O)C(F)(F)F)cc1. The van der Waals surface area contributed by atoms with Crippen molar-refractivity contribution in [2.75, 3.05) is 7.11 Å². The molecular weight excluding hydrogens is 253 g/mol. The summed E-state index contributed by atoms with van der Waals surface area (Å²) in [7, 11) is 1.22. The molecule has 0 N–H and O–H groups in total. The molecule has 0 aliphatic carbocycles. The molecule has 0 amide bonds. The molecule has 0 saturated heterocycles. The lowest BCUT2D eigenvalue weighted by Gasteiger charge is -2.07. The van der Waals surface area contributed by atoms with Crippen molar-refractivity contribution in [2.24, 2.45) is 0 Å². The number of methoxy groups -OCH3 is 1. The molecule has 0 radical (unpaired) electrons. The first kappa shape index (κ1) is 14.0. The smallest absolute Gasteiger partial charge is 0.469 e. The number of esters is 2. The van der Waals surface area contributed by atoms with Gasteiger partial charge < -0.3 is 9.47 Å². The van der Waals surface area contributed by atoms with Crippen LogP contribution in [0.2, 0.25) is 0 Å². The van der Waals surface area contributed by atoms with E-state index in [1.807, 2.05) is 0 Å². The second-order valence-corrected chi connectivity index (χ2v) is 3.28. The summed E-state index contributed by atoms with van der Waals surface area (Å²) in [5.41, 5.74) is 0.536. The molecule has 0 aromatic heterocycles. The second-order valence-electron chi connectivity index (χ2n) is 3.28. The number of ether oxygens (including phenoxy) is 2. The van der Waals surface area contributed by atoms with Crippen molar-refractivity contribution in [2.45, 2.75) is 12.6 Å². The summed E-state index contributed by atoms with van der Waals surface area (Å²) in [5, 5.41) is 0. The van der Waals surface area contributed by atoms with Crippen molar-refractivity contribution >= 4 is 11.9 Å². The molecule has 0 heterocycles. The van der Waals surface area contributed by atoms with Crippen LogP contribution >= 0.6 is 0 Å². The van der Waals surface area contributed by atoms with Crippen molar-refractivity contribution in [3.63, 3.8) is 0 Å². The Kier molecular flexibility index (Phi) is 4.30. The molecule has 4 nitrogen and oxygen atoms in total. The molecule has 1 aromatic carbocycles. The van der Waals surface area contributed by atoms with Crippen molar-refractivity contribution in [1.29, 1.82) is 0 Å². The van der Waals surface area contributed by atoms with Crippen molar-refractivity contribution < 1.29 is 32.2 Å². The summed E-state index contributed by atoms with van der Waals surface area (Å²) in [4.78, 5) is 21.4. The lowest BCUT2D eigenvalue weighted by molar-refractivity contribution is -0.189. The molecule has 0 atom stereocenters. The van der Waals surface area contributed by atoms with Gasteiger partial charge in [-0.25, -0.2) is 4.79 Å². The number of hydrogen-bond acceptors (Lipinski definition) is 4. The molecule has 0 aliphatic rings. The number of rotatable bonds is 3. The Morgan fingerprint density at radius 2 is 1.72 bits per heavy atom. The van der Waals surface area contributed by atoms with Gasteiger partial charge in [0.2, 0.25) is 0 Å². The molecule has 0 aliphatic heterocycles. The highest BCUT2D eigenvalue weighted by molar-refractivity contribution is 5.78. The third kappa shape index (κ3) is 4.08. The summed E-state index contributed by atoms with van der Waals surface area (Å²) in [6, 6.07) is 5.08. The van der Waals surface area contributed by atoms with Gasteiger partial charge in [-0.1, -0.05) is 12.1 Å². The Bertz CT molecular complexity index is 437. The lowest BCUT2D eigenvalue weighted by atomic mass is 10.1. The molecule has 0 fully saturated rings. The Hall–Kier alpha value is -2.05. The van der Waals surface area contributed by atoms with E-state index in [0.29, 0.717) is 5.56 Å². The number of benzene rings is 1. The minimum Gasteiger partial charge on any atom is -0.469 e. The average molecular weight is 262 g/mol. The van der Waals surface area contributed by atoms with Gasteiger partial charge in [0, 0.05) is 0 Å². The summed E-state index contributed by atoms with van der Waals surface area (Å²) < 4.78 is 44.2. The van der Waals surface area contributed by atoms with Gasteiger partial charge in [0.25, 0.3) is 0 Å². The van der Waals surface area contributed by atoms with Crippen LogP contribution in [0.5, 0.6) is 5.75 Å². The van der Waals surface area contributed by atoms with E-state index in [-0.39, 0.29) is 12.2 Å². The topological polar surface area (TPSA) is 52.6 Å². The van der Waals surface area contributed by atoms with Crippen LogP contribution in [0.3, 0.4) is 0 Å². The van der Waals surface area contributed by atoms with Gasteiger partial charge in [0.1, 0.15) is 5.75 Å². The lowest BCUT2D eigenvalue weighted by Crippen LogP contribution is -2.27. The second kappa shape index (κ2) is 5.52. The summed E-state index contributed by atoms with van der Waals surface area (Å²) in [6.45, 7) is 0. The highest BCUT2D eigenvalue weighted by Gasteiger charge is 2.41. The van der Waals surface area contributed by atoms with Crippen LogP contribution in [0.15, 0.2) is 24.3 Å². The molecule has 7 heteroatoms. The predicted octanol–water partition coefficient (Wildman–Crippen LogP) is 1.87. The fourth-order valence-electron chi connectivity index (χ4n) is 1.08. The molecule has 18 heavy (non-hydrogen) atoms. The molecule has 0 spiro atoms. The van der Waals surface area contributed by atoms with Crippen LogP contribution in [-0.4, -0.2) is 25.2 Å². The Labute approximate surface area is 100 Å². The van der Waals surface area contributed by atoms with E-state index in [9.17, 15) is 22.8 Å². The number of hydrogen-bond donors (Lipinski definition) is 0. The molecule has 98 valence electrons. The largest absolute Gasteiger partial charge is 0.491 e. The summed E-state index contributed by atoms with van der Waals surface area (Å²) in [5.74, 6) is -3.01. The van der Waals surface area contributed by atoms with E-state index in [4.69, 9.17) is 0 Å². The first-order valence-corrected chi connectivity index (χ1v) is 4.77. The number of carbonyl (C=O) groups is 2. The van der Waals surface area contributed by atoms with E-state index in [0.717, 1.165) is 0 Å². The molecule has 1 rings (SSSR count). The normalized spacial score (nSPS) is 10.9. The zero-order valence-electron chi connectivity index (χ0n) is 9.28. The van der Waals surface area contributed by atoms with Gasteiger partial charge in [-0.2, -0.15) is 13.2 Å². The molecular formula is C11H9F3O4. The third-order valence-corrected chi connectivity index (χ3v) is 1.94. The Morgan fingerprint density at radius 3 is 2.17 bits per heavy atom. The Balaban J connectivity index is 2.66. The highest BCUT2D eigenvalue weighted by atomic mass is 19.4. The fraction of sp³-hybridized carbons (Fsp3) is 0.273. The third-order valence-electron chi connectivity index (χ3n) is 1.94. The molecule has 1 aromatic rings. The minimum atomic E-state index is -5.04. The van der Waals surface area contributed by atoms with Gasteiger partial charge in [-0.3, -0.25) is 4.79 Å². The number of halogens is 3. The highest BCUT2D eigenvalue weighted by Crippen LogP contribution is 2.20. The van der Waals surface area contributed by atoms with Crippen LogP contribution in [-0.2, 0) is 20.7 Å². The van der Waals surface area contributed by atoms with Crippen molar-refractivity contribution in [1.82, 2.24) is 0 Å². The maximum atomic E-state index is 11.9. The molecule has 0 bridgehead atoms. The molecule has 0 unspecified atom stereocenters. The first-order chi connectivity index (χ1) is 8.32. The van der Waals surface area contributed by atoms with Crippen molar-refractivity contribution in [3.05, 3.63) is 29.8 Å². The van der Waals surface area contributed by atoms with E-state index in [1.165, 1.54) is 31.4 Å². The van der Waals surface area contributed by atoms with E-state index < -0.39 is 18.1 Å². The maximum Gasteiger partial charge on any atom is 0.491 e. The number of carbonyl (C=O) groups excluding carboxylic acids is 2. The van der Waals surface area contributed by atoms with Gasteiger partial charge in [-0.15, -0.1) is 0 Å². The van der Waals surface area contributed by atoms with E-state index in [1.54, 1.807) is 0 Å². The summed E-state index contributed by atoms with van der Waals surface area (Å²) in [6.07, 6.45) is -5.05. The summed E-state index contributed by atoms with van der Waals surface area (Å²) >= 11 is 0. The monoisotopic (exact) mass is 262 g/mol. The standard InChI is InChI=1S/C11H9F3O4/c1-17-9(15)6-7-2-4-8(5-3-7)18-10(16)11(12,13)14/h2-5H,6H2,1H3. The van der Waals surface area contributed by atoms with Crippen molar-refractivity contribution in [3.8, 4) is 5.75 Å². The number of alkyl halides is 3. The van der Waals surface area contributed by atoms with Crippen LogP contribution in [0.1, 0.15) is 5.56 Å². The minimum absolute atomic E-state index is 0.00992. The van der Waals surface area contributed by atoms with E-state index >= 15 is 0 Å². The predicted molar refractivity (Wildman–Crippen MR) is 53.9 cm³/mol. The Morgan fingerprint density at radius 1 is 1.17 bits per heavy atom. The maximum absolute atomic E-state index is 11.9. The first-order valence-electron chi connectivity index (χ1n) is 4.77. The quantitative estimate of drug-likeness (QED) is 0.616. The van der Waals surface area contributed by atoms with E-state index in [2.05, 4.69) is 9.47 Å². The van der Waals surface area contributed by atoms with Gasteiger partial charge in [0.05, 0.1) is 13.5 Å². The zero-order chi connectivity index (χ0) is 13.8. The van der Waals surface area contributed by atoms with Gasteiger partial charge in [-0.05, 0) is 17.7 Å². The molecule has 0 saturated carbocycles. The average Bonchev–Trinajstić information content (AvgIpc) is 2.30. The van der Waals surface area contributed by atoms with Crippen LogP contribution in [0.25, 0.3) is 0 Å². The van der Waals surface area contributed by atoms with Crippen LogP contribution < -0.4 is 4.74 Å². The van der Waals surface area contributed by atoms with Gasteiger partial charge >= 0.3 is 18.1 Å². The van der Waals surface area contributed by atoms with Crippen LogP contribution in [0, 0.1) is 0 Å². The van der Waals surface area contributed by atoms with Crippen LogP contribution in [0.4, 0.5) is 13.2 Å².